The van der Waals surface area contributed by atoms with Crippen LogP contribution in [0.2, 0.25) is 0 Å². The average molecular weight is 433 g/mol. The van der Waals surface area contributed by atoms with E-state index in [4.69, 9.17) is 13.9 Å². The van der Waals surface area contributed by atoms with Crippen LogP contribution in [0.1, 0.15) is 17.1 Å². The van der Waals surface area contributed by atoms with E-state index < -0.39 is 0 Å². The summed E-state index contributed by atoms with van der Waals surface area (Å²) in [5, 5.41) is 12.4. The fourth-order valence-corrected chi connectivity index (χ4v) is 3.81. The average Bonchev–Trinajstić information content (AvgIpc) is 3.29. The lowest BCUT2D eigenvalue weighted by Crippen LogP contribution is -2.35. The van der Waals surface area contributed by atoms with Gasteiger partial charge >= 0.3 is 0 Å². The highest BCUT2D eigenvalue weighted by atomic mass is 16.5. The van der Waals surface area contributed by atoms with Gasteiger partial charge in [-0.15, -0.1) is 5.10 Å². The van der Waals surface area contributed by atoms with Crippen LogP contribution in [-0.4, -0.2) is 51.4 Å². The van der Waals surface area contributed by atoms with Crippen LogP contribution in [0.15, 0.2) is 57.7 Å². The molecule has 164 valence electrons. The van der Waals surface area contributed by atoms with Gasteiger partial charge in [0.15, 0.2) is 11.3 Å². The third-order valence-electron chi connectivity index (χ3n) is 5.52. The van der Waals surface area contributed by atoms with E-state index in [1.807, 2.05) is 37.3 Å². The second-order valence-electron chi connectivity index (χ2n) is 7.66. The molecule has 9 nitrogen and oxygen atoms in total. The predicted molar refractivity (Wildman–Crippen MR) is 117 cm³/mol. The van der Waals surface area contributed by atoms with E-state index in [1.54, 1.807) is 22.9 Å². The van der Waals surface area contributed by atoms with Crippen LogP contribution in [-0.2, 0) is 17.9 Å². The van der Waals surface area contributed by atoms with E-state index in [-0.39, 0.29) is 12.0 Å². The number of rotatable bonds is 6. The van der Waals surface area contributed by atoms with Gasteiger partial charge in [-0.1, -0.05) is 18.2 Å². The Labute approximate surface area is 184 Å². The highest BCUT2D eigenvalue weighted by Gasteiger charge is 2.16. The maximum absolute atomic E-state index is 12.7. The van der Waals surface area contributed by atoms with Crippen LogP contribution in [0, 0.1) is 6.92 Å². The van der Waals surface area contributed by atoms with Crippen LogP contribution < -0.4 is 10.2 Å². The minimum absolute atomic E-state index is 0.0582. The molecule has 2 aromatic heterocycles. The Balaban J connectivity index is 1.40. The largest absolute Gasteiger partial charge is 0.485 e. The van der Waals surface area contributed by atoms with Crippen LogP contribution in [0.3, 0.4) is 0 Å². The van der Waals surface area contributed by atoms with Crippen LogP contribution in [0.4, 0.5) is 0 Å². The molecule has 32 heavy (non-hydrogen) atoms. The topological polar surface area (TPSA) is 95.5 Å². The molecule has 2 aromatic carbocycles. The van der Waals surface area contributed by atoms with Crippen molar-refractivity contribution in [3.05, 3.63) is 75.9 Å². The van der Waals surface area contributed by atoms with E-state index >= 15 is 0 Å². The van der Waals surface area contributed by atoms with Gasteiger partial charge in [-0.3, -0.25) is 9.69 Å². The van der Waals surface area contributed by atoms with Crippen molar-refractivity contribution < 1.29 is 13.9 Å². The molecule has 4 aromatic rings. The van der Waals surface area contributed by atoms with Crippen molar-refractivity contribution in [2.24, 2.45) is 0 Å². The molecule has 0 unspecified atom stereocenters. The second-order valence-corrected chi connectivity index (χ2v) is 7.66. The molecule has 1 aliphatic heterocycles. The van der Waals surface area contributed by atoms with Crippen LogP contribution in [0.25, 0.3) is 16.7 Å². The van der Waals surface area contributed by atoms with Gasteiger partial charge in [0.05, 0.1) is 30.8 Å². The van der Waals surface area contributed by atoms with Gasteiger partial charge in [0.2, 0.25) is 0 Å². The zero-order valence-electron chi connectivity index (χ0n) is 17.7. The van der Waals surface area contributed by atoms with Crippen molar-refractivity contribution >= 4 is 11.0 Å². The fourth-order valence-electron chi connectivity index (χ4n) is 3.81. The number of benzene rings is 2. The molecular formula is C23H23N5O4. The Hall–Kier alpha value is -3.56. The molecule has 0 N–H and O–H groups in total. The van der Waals surface area contributed by atoms with Crippen molar-refractivity contribution in [1.29, 1.82) is 0 Å². The molecule has 0 saturated carbocycles. The first kappa shape index (κ1) is 20.3. The summed E-state index contributed by atoms with van der Waals surface area (Å²) in [7, 11) is 0. The molecule has 1 fully saturated rings. The lowest BCUT2D eigenvalue weighted by molar-refractivity contribution is 0.0314. The molecule has 5 rings (SSSR count). The molecule has 1 aliphatic rings. The number of ether oxygens (including phenoxy) is 2. The first-order valence-corrected chi connectivity index (χ1v) is 10.5. The van der Waals surface area contributed by atoms with E-state index in [0.717, 1.165) is 24.3 Å². The Bertz CT molecular complexity index is 1280. The van der Waals surface area contributed by atoms with E-state index in [0.29, 0.717) is 48.1 Å². The van der Waals surface area contributed by atoms with Gasteiger partial charge in [-0.2, -0.15) is 4.68 Å². The lowest BCUT2D eigenvalue weighted by atomic mass is 10.1. The first-order valence-electron chi connectivity index (χ1n) is 10.5. The summed E-state index contributed by atoms with van der Waals surface area (Å²) in [6, 6.07) is 14.7. The Morgan fingerprint density at radius 1 is 1.09 bits per heavy atom. The molecule has 3 heterocycles. The Kier molecular flexibility index (Phi) is 5.66. The smallest absolute Gasteiger partial charge is 0.194 e. The predicted octanol–water partition coefficient (Wildman–Crippen LogP) is 2.49. The van der Waals surface area contributed by atoms with Crippen molar-refractivity contribution in [2.75, 3.05) is 26.3 Å². The van der Waals surface area contributed by atoms with Crippen molar-refractivity contribution in [3.63, 3.8) is 0 Å². The van der Waals surface area contributed by atoms with Gasteiger partial charge in [0, 0.05) is 24.7 Å². The summed E-state index contributed by atoms with van der Waals surface area (Å²) in [5.41, 5.74) is 2.10. The Morgan fingerprint density at radius 3 is 2.72 bits per heavy atom. The minimum atomic E-state index is -0.0582. The van der Waals surface area contributed by atoms with E-state index in [1.165, 1.54) is 0 Å². The normalized spacial score (nSPS) is 14.7. The SMILES string of the molecule is Cc1c(OCc2nnnn2-c2ccccc2)ccc2c(=O)cc(CN3CCOCC3)oc12. The number of tetrazole rings is 1. The van der Waals surface area contributed by atoms with Crippen LogP contribution >= 0.6 is 0 Å². The summed E-state index contributed by atoms with van der Waals surface area (Å²) in [5.74, 6) is 1.82. The quantitative estimate of drug-likeness (QED) is 0.458. The highest BCUT2D eigenvalue weighted by molar-refractivity contribution is 5.81. The van der Waals surface area contributed by atoms with Gasteiger partial charge < -0.3 is 13.9 Å². The van der Waals surface area contributed by atoms with Gasteiger partial charge in [0.1, 0.15) is 23.7 Å². The maximum Gasteiger partial charge on any atom is 0.194 e. The number of aryl methyl sites for hydroxylation is 1. The maximum atomic E-state index is 12.7. The number of nitrogens with zero attached hydrogens (tertiary/aromatic N) is 5. The fraction of sp³-hybridized carbons (Fsp3) is 0.304. The summed E-state index contributed by atoms with van der Waals surface area (Å²) < 4.78 is 19.2. The number of hydrogen-bond acceptors (Lipinski definition) is 8. The molecule has 1 saturated heterocycles. The molecule has 0 bridgehead atoms. The number of fused-ring (bicyclic) bond motifs is 1. The second kappa shape index (κ2) is 8.89. The van der Waals surface area contributed by atoms with Crippen molar-refractivity contribution in [1.82, 2.24) is 25.1 Å². The summed E-state index contributed by atoms with van der Waals surface area (Å²) in [4.78, 5) is 14.9. The third kappa shape index (κ3) is 4.12. The zero-order chi connectivity index (χ0) is 21.9. The third-order valence-corrected chi connectivity index (χ3v) is 5.52. The summed E-state index contributed by atoms with van der Waals surface area (Å²) in [6.07, 6.45) is 0. The molecular weight excluding hydrogens is 410 g/mol. The molecule has 9 heteroatoms. The monoisotopic (exact) mass is 433 g/mol. The van der Waals surface area contributed by atoms with Gasteiger partial charge in [-0.25, -0.2) is 0 Å². The van der Waals surface area contributed by atoms with Crippen molar-refractivity contribution in [2.45, 2.75) is 20.1 Å². The van der Waals surface area contributed by atoms with Gasteiger partial charge in [0.25, 0.3) is 0 Å². The number of hydrogen-bond donors (Lipinski definition) is 0. The standard InChI is InChI=1S/C23H23N5O4/c1-16-21(31-15-22-24-25-26-28(22)17-5-3-2-4-6-17)8-7-19-20(29)13-18(32-23(16)19)14-27-9-11-30-12-10-27/h2-8,13H,9-12,14-15H2,1H3. The highest BCUT2D eigenvalue weighted by Crippen LogP contribution is 2.27. The Morgan fingerprint density at radius 2 is 1.91 bits per heavy atom. The molecule has 0 atom stereocenters. The van der Waals surface area contributed by atoms with Crippen LogP contribution in [0.5, 0.6) is 5.75 Å². The minimum Gasteiger partial charge on any atom is -0.485 e. The number of morpholine rings is 1. The molecule has 0 aliphatic carbocycles. The molecule has 0 amide bonds. The van der Waals surface area contributed by atoms with Crippen molar-refractivity contribution in [3.8, 4) is 11.4 Å². The number of aromatic nitrogens is 4. The summed E-state index contributed by atoms with van der Waals surface area (Å²) >= 11 is 0. The zero-order valence-corrected chi connectivity index (χ0v) is 17.7. The number of para-hydroxylation sites is 1. The van der Waals surface area contributed by atoms with E-state index in [9.17, 15) is 4.79 Å². The molecule has 0 radical (unpaired) electrons. The van der Waals surface area contributed by atoms with Gasteiger partial charge in [-0.05, 0) is 41.6 Å². The first-order chi connectivity index (χ1) is 15.7. The summed E-state index contributed by atoms with van der Waals surface area (Å²) in [6.45, 7) is 5.66. The lowest BCUT2D eigenvalue weighted by Gasteiger charge is -2.25. The van der Waals surface area contributed by atoms with E-state index in [2.05, 4.69) is 20.4 Å². The molecule has 0 spiro atoms.